The molecule has 1 atom stereocenters. The Morgan fingerprint density at radius 3 is 2.94 bits per heavy atom. The smallest absolute Gasteiger partial charge is 0.256 e. The number of hydrogen-bond acceptors (Lipinski definition) is 3. The summed E-state index contributed by atoms with van der Waals surface area (Å²) in [4.78, 5) is 13.3. The topological polar surface area (TPSA) is 66.6 Å². The van der Waals surface area contributed by atoms with E-state index in [0.29, 0.717) is 18.7 Å². The number of aliphatic hydroxyl groups excluding tert-OH is 1. The normalized spacial score (nSPS) is 20.1. The van der Waals surface area contributed by atoms with E-state index in [2.05, 4.69) is 0 Å². The number of carbonyl (C=O) groups excluding carboxylic acids is 1. The fourth-order valence-electron chi connectivity index (χ4n) is 1.80. The maximum Gasteiger partial charge on any atom is 0.256 e. The minimum Gasteiger partial charge on any atom is -0.399 e. The van der Waals surface area contributed by atoms with Crippen LogP contribution in [0.15, 0.2) is 18.2 Å². The molecule has 1 aromatic carbocycles. The third-order valence-electron chi connectivity index (χ3n) is 2.67. The molecule has 0 unspecified atom stereocenters. The van der Waals surface area contributed by atoms with Gasteiger partial charge < -0.3 is 15.7 Å². The van der Waals surface area contributed by atoms with Crippen molar-refractivity contribution in [3.8, 4) is 0 Å². The highest BCUT2D eigenvalue weighted by molar-refractivity contribution is 5.95. The Kier molecular flexibility index (Phi) is 2.78. The molecule has 1 fully saturated rings. The highest BCUT2D eigenvalue weighted by Gasteiger charge is 2.26. The summed E-state index contributed by atoms with van der Waals surface area (Å²) in [5.41, 5.74) is 5.82. The number of likely N-dealkylation sites (tertiary alicyclic amines) is 1. The summed E-state index contributed by atoms with van der Waals surface area (Å²) < 4.78 is 13.4. The second-order valence-corrected chi connectivity index (χ2v) is 3.93. The van der Waals surface area contributed by atoms with E-state index in [-0.39, 0.29) is 12.1 Å². The van der Waals surface area contributed by atoms with Crippen molar-refractivity contribution in [2.75, 3.05) is 18.8 Å². The Labute approximate surface area is 92.5 Å². The molecule has 1 amide bonds. The van der Waals surface area contributed by atoms with Crippen LogP contribution in [0.4, 0.5) is 10.1 Å². The second kappa shape index (κ2) is 4.09. The third-order valence-corrected chi connectivity index (χ3v) is 2.67. The van der Waals surface area contributed by atoms with Crippen LogP contribution in [-0.4, -0.2) is 35.1 Å². The van der Waals surface area contributed by atoms with Gasteiger partial charge in [0.05, 0.1) is 11.7 Å². The molecule has 0 spiro atoms. The summed E-state index contributed by atoms with van der Waals surface area (Å²) in [5.74, 6) is -0.998. The van der Waals surface area contributed by atoms with Crippen molar-refractivity contribution >= 4 is 11.6 Å². The molecule has 1 aliphatic rings. The molecule has 3 N–H and O–H groups in total. The van der Waals surface area contributed by atoms with Gasteiger partial charge >= 0.3 is 0 Å². The summed E-state index contributed by atoms with van der Waals surface area (Å²) in [5, 5.41) is 9.31. The van der Waals surface area contributed by atoms with Gasteiger partial charge in [0.25, 0.3) is 5.91 Å². The van der Waals surface area contributed by atoms with Gasteiger partial charge in [-0.15, -0.1) is 0 Å². The van der Waals surface area contributed by atoms with Gasteiger partial charge in [0.1, 0.15) is 5.82 Å². The minimum atomic E-state index is -0.583. The van der Waals surface area contributed by atoms with Crippen molar-refractivity contribution in [2.24, 2.45) is 0 Å². The molecule has 0 saturated carbocycles. The van der Waals surface area contributed by atoms with Crippen molar-refractivity contribution in [1.82, 2.24) is 4.90 Å². The number of benzene rings is 1. The van der Waals surface area contributed by atoms with E-state index in [1.165, 1.54) is 23.1 Å². The molecule has 86 valence electrons. The number of rotatable bonds is 1. The molecule has 1 saturated heterocycles. The van der Waals surface area contributed by atoms with Gasteiger partial charge in [0.2, 0.25) is 0 Å². The van der Waals surface area contributed by atoms with E-state index in [9.17, 15) is 14.3 Å². The monoisotopic (exact) mass is 224 g/mol. The highest BCUT2D eigenvalue weighted by Crippen LogP contribution is 2.17. The first-order valence-electron chi connectivity index (χ1n) is 5.10. The zero-order valence-corrected chi connectivity index (χ0v) is 8.69. The van der Waals surface area contributed by atoms with Crippen LogP contribution >= 0.6 is 0 Å². The predicted molar refractivity (Wildman–Crippen MR) is 57.3 cm³/mol. The predicted octanol–water partition coefficient (Wildman–Crippen LogP) is 0.615. The Morgan fingerprint density at radius 2 is 2.31 bits per heavy atom. The van der Waals surface area contributed by atoms with Gasteiger partial charge in [0.15, 0.2) is 0 Å². The maximum atomic E-state index is 13.4. The summed E-state index contributed by atoms with van der Waals surface area (Å²) in [6.07, 6.45) is 0.0310. The van der Waals surface area contributed by atoms with Crippen molar-refractivity contribution < 1.29 is 14.3 Å². The number of nitrogens with zero attached hydrogens (tertiary/aromatic N) is 1. The number of anilines is 1. The van der Waals surface area contributed by atoms with Crippen LogP contribution in [0.25, 0.3) is 0 Å². The van der Waals surface area contributed by atoms with Crippen LogP contribution in [0.2, 0.25) is 0 Å². The molecule has 1 aromatic rings. The molecular weight excluding hydrogens is 211 g/mol. The maximum absolute atomic E-state index is 13.4. The third kappa shape index (κ3) is 1.99. The molecule has 0 aromatic heterocycles. The first-order chi connectivity index (χ1) is 7.58. The summed E-state index contributed by atoms with van der Waals surface area (Å²) in [6.45, 7) is 0.710. The van der Waals surface area contributed by atoms with E-state index in [4.69, 9.17) is 5.73 Å². The fourth-order valence-corrected chi connectivity index (χ4v) is 1.80. The van der Waals surface area contributed by atoms with Crippen molar-refractivity contribution in [2.45, 2.75) is 12.5 Å². The molecule has 1 heterocycles. The van der Waals surface area contributed by atoms with Gasteiger partial charge in [-0.2, -0.15) is 0 Å². The number of hydrogen-bond donors (Lipinski definition) is 2. The van der Waals surface area contributed by atoms with E-state index in [1.807, 2.05) is 0 Å². The summed E-state index contributed by atoms with van der Waals surface area (Å²) in [7, 11) is 0. The molecule has 0 bridgehead atoms. The SMILES string of the molecule is Nc1ccc(F)c(C(=O)N2CC[C@H](O)C2)c1. The lowest BCUT2D eigenvalue weighted by atomic mass is 10.1. The van der Waals surface area contributed by atoms with Crippen LogP contribution in [0.1, 0.15) is 16.8 Å². The minimum absolute atomic E-state index is 0.0332. The van der Waals surface area contributed by atoms with Crippen LogP contribution in [-0.2, 0) is 0 Å². The van der Waals surface area contributed by atoms with E-state index in [0.717, 1.165) is 0 Å². The number of nitrogens with two attached hydrogens (primary N) is 1. The molecule has 4 nitrogen and oxygen atoms in total. The molecule has 16 heavy (non-hydrogen) atoms. The Balaban J connectivity index is 2.23. The van der Waals surface area contributed by atoms with Crippen molar-refractivity contribution in [3.05, 3.63) is 29.6 Å². The first-order valence-corrected chi connectivity index (χ1v) is 5.10. The van der Waals surface area contributed by atoms with Crippen LogP contribution in [0.5, 0.6) is 0 Å². The Bertz CT molecular complexity index is 422. The van der Waals surface area contributed by atoms with E-state index < -0.39 is 17.8 Å². The van der Waals surface area contributed by atoms with Gasteiger partial charge in [-0.25, -0.2) is 4.39 Å². The molecule has 0 aliphatic carbocycles. The van der Waals surface area contributed by atoms with Crippen LogP contribution < -0.4 is 5.73 Å². The highest BCUT2D eigenvalue weighted by atomic mass is 19.1. The lowest BCUT2D eigenvalue weighted by molar-refractivity contribution is 0.0760. The number of carbonyl (C=O) groups is 1. The fraction of sp³-hybridized carbons (Fsp3) is 0.364. The molecule has 2 rings (SSSR count). The van der Waals surface area contributed by atoms with Crippen LogP contribution in [0, 0.1) is 5.82 Å². The molecule has 1 aliphatic heterocycles. The van der Waals surface area contributed by atoms with E-state index in [1.54, 1.807) is 0 Å². The van der Waals surface area contributed by atoms with Gasteiger partial charge in [0, 0.05) is 18.8 Å². The Morgan fingerprint density at radius 1 is 1.56 bits per heavy atom. The molecule has 5 heteroatoms. The van der Waals surface area contributed by atoms with Crippen LogP contribution in [0.3, 0.4) is 0 Å². The number of nitrogen functional groups attached to an aromatic ring is 1. The largest absolute Gasteiger partial charge is 0.399 e. The average Bonchev–Trinajstić information content (AvgIpc) is 2.67. The van der Waals surface area contributed by atoms with Gasteiger partial charge in [-0.05, 0) is 24.6 Å². The molecular formula is C11H13FN2O2. The molecule has 0 radical (unpaired) electrons. The quantitative estimate of drug-likeness (QED) is 0.687. The first kappa shape index (κ1) is 10.9. The summed E-state index contributed by atoms with van der Waals surface area (Å²) in [6, 6.07) is 3.91. The number of aliphatic hydroxyl groups is 1. The standard InChI is InChI=1S/C11H13FN2O2/c12-10-2-1-7(13)5-9(10)11(16)14-4-3-8(15)6-14/h1-2,5,8,15H,3-4,6,13H2/t8-/m0/s1. The van der Waals surface area contributed by atoms with E-state index >= 15 is 0 Å². The lowest BCUT2D eigenvalue weighted by Gasteiger charge is -2.16. The van der Waals surface area contributed by atoms with Gasteiger partial charge in [-0.1, -0.05) is 0 Å². The average molecular weight is 224 g/mol. The Hall–Kier alpha value is -1.62. The van der Waals surface area contributed by atoms with Crippen molar-refractivity contribution in [1.29, 1.82) is 0 Å². The number of β-amino-alcohol motifs (C(OH)–C–C–N with tert-alkyl or cyclic N) is 1. The number of amides is 1. The second-order valence-electron chi connectivity index (χ2n) is 3.93. The van der Waals surface area contributed by atoms with Gasteiger partial charge in [-0.3, -0.25) is 4.79 Å². The lowest BCUT2D eigenvalue weighted by Crippen LogP contribution is -2.30. The number of halogens is 1. The zero-order valence-electron chi connectivity index (χ0n) is 8.69. The zero-order chi connectivity index (χ0) is 11.7. The summed E-state index contributed by atoms with van der Waals surface area (Å²) >= 11 is 0. The van der Waals surface area contributed by atoms with Crippen molar-refractivity contribution in [3.63, 3.8) is 0 Å².